The van der Waals surface area contributed by atoms with E-state index in [1.807, 2.05) is 0 Å². The van der Waals surface area contributed by atoms with Gasteiger partial charge in [-0.25, -0.2) is 0 Å². The van der Waals surface area contributed by atoms with Gasteiger partial charge in [0.1, 0.15) is 0 Å². The Balaban J connectivity index is 1.92. The van der Waals surface area contributed by atoms with E-state index in [-0.39, 0.29) is 5.91 Å². The van der Waals surface area contributed by atoms with Crippen molar-refractivity contribution in [3.05, 3.63) is 33.8 Å². The topological polar surface area (TPSA) is 41.1 Å². The molecule has 5 heteroatoms. The van der Waals surface area contributed by atoms with Gasteiger partial charge in [-0.1, -0.05) is 23.2 Å². The first-order valence-electron chi connectivity index (χ1n) is 6.11. The molecule has 1 heterocycles. The lowest BCUT2D eigenvalue weighted by molar-refractivity contribution is 0.0945. The molecule has 0 radical (unpaired) electrons. The SMILES string of the molecule is O=C(NCC1CCCNC1)c1cc(Cl)ccc1Cl. The van der Waals surface area contributed by atoms with Crippen molar-refractivity contribution < 1.29 is 4.79 Å². The first-order valence-corrected chi connectivity index (χ1v) is 6.86. The fraction of sp³-hybridized carbons (Fsp3) is 0.462. The molecular weight excluding hydrogens is 271 g/mol. The van der Waals surface area contributed by atoms with Crippen LogP contribution < -0.4 is 10.6 Å². The highest BCUT2D eigenvalue weighted by molar-refractivity contribution is 6.35. The van der Waals surface area contributed by atoms with Gasteiger partial charge in [0.15, 0.2) is 0 Å². The summed E-state index contributed by atoms with van der Waals surface area (Å²) in [5.74, 6) is 0.341. The summed E-state index contributed by atoms with van der Waals surface area (Å²) in [6, 6.07) is 4.91. The van der Waals surface area contributed by atoms with Crippen molar-refractivity contribution in [1.82, 2.24) is 10.6 Å². The number of hydrogen-bond donors (Lipinski definition) is 2. The number of nitrogens with one attached hydrogen (secondary N) is 2. The quantitative estimate of drug-likeness (QED) is 0.897. The van der Waals surface area contributed by atoms with Gasteiger partial charge < -0.3 is 10.6 Å². The zero-order valence-corrected chi connectivity index (χ0v) is 11.5. The lowest BCUT2D eigenvalue weighted by Gasteiger charge is -2.22. The summed E-state index contributed by atoms with van der Waals surface area (Å²) in [4.78, 5) is 12.0. The molecule has 0 bridgehead atoms. The van der Waals surface area contributed by atoms with Crippen LogP contribution in [0.1, 0.15) is 23.2 Å². The second-order valence-electron chi connectivity index (χ2n) is 4.55. The van der Waals surface area contributed by atoms with Crippen molar-refractivity contribution in [3.8, 4) is 0 Å². The van der Waals surface area contributed by atoms with E-state index in [1.54, 1.807) is 18.2 Å². The molecular formula is C13H16Cl2N2O. The summed E-state index contributed by atoms with van der Waals surface area (Å²) in [7, 11) is 0. The van der Waals surface area contributed by atoms with Gasteiger partial charge in [0.2, 0.25) is 0 Å². The molecule has 1 atom stereocenters. The van der Waals surface area contributed by atoms with E-state index in [1.165, 1.54) is 6.42 Å². The molecule has 1 amide bonds. The summed E-state index contributed by atoms with van der Waals surface area (Å²) in [5, 5.41) is 7.18. The minimum absolute atomic E-state index is 0.159. The van der Waals surface area contributed by atoms with Crippen molar-refractivity contribution in [1.29, 1.82) is 0 Å². The molecule has 1 aromatic rings. The molecule has 2 rings (SSSR count). The fourth-order valence-corrected chi connectivity index (χ4v) is 2.48. The van der Waals surface area contributed by atoms with Crippen LogP contribution in [0.25, 0.3) is 0 Å². The Morgan fingerprint density at radius 2 is 2.28 bits per heavy atom. The summed E-state index contributed by atoms with van der Waals surface area (Å²) in [6.45, 7) is 2.71. The molecule has 1 aromatic carbocycles. The molecule has 98 valence electrons. The third-order valence-electron chi connectivity index (χ3n) is 3.12. The fourth-order valence-electron chi connectivity index (χ4n) is 2.10. The monoisotopic (exact) mass is 286 g/mol. The van der Waals surface area contributed by atoms with Crippen LogP contribution >= 0.6 is 23.2 Å². The van der Waals surface area contributed by atoms with Gasteiger partial charge in [0.25, 0.3) is 5.91 Å². The Morgan fingerprint density at radius 1 is 1.44 bits per heavy atom. The second kappa shape index (κ2) is 6.41. The number of piperidine rings is 1. The van der Waals surface area contributed by atoms with E-state index in [9.17, 15) is 4.79 Å². The Bertz CT molecular complexity index is 431. The van der Waals surface area contributed by atoms with Crippen molar-refractivity contribution in [2.24, 2.45) is 5.92 Å². The molecule has 1 aliphatic heterocycles. The van der Waals surface area contributed by atoms with Gasteiger partial charge in [-0.2, -0.15) is 0 Å². The molecule has 1 unspecified atom stereocenters. The van der Waals surface area contributed by atoms with E-state index >= 15 is 0 Å². The number of amides is 1. The van der Waals surface area contributed by atoms with Crippen LogP contribution in [0.5, 0.6) is 0 Å². The van der Waals surface area contributed by atoms with E-state index in [0.29, 0.717) is 28.1 Å². The zero-order valence-electron chi connectivity index (χ0n) is 10.0. The summed E-state index contributed by atoms with van der Waals surface area (Å²) in [5.41, 5.74) is 0.438. The third kappa shape index (κ3) is 3.61. The van der Waals surface area contributed by atoms with Gasteiger partial charge in [-0.15, -0.1) is 0 Å². The Hall–Kier alpha value is -0.770. The predicted octanol–water partition coefficient (Wildman–Crippen LogP) is 2.72. The third-order valence-corrected chi connectivity index (χ3v) is 3.69. The number of halogens is 2. The number of carbonyl (C=O) groups is 1. The van der Waals surface area contributed by atoms with E-state index in [2.05, 4.69) is 10.6 Å². The molecule has 3 nitrogen and oxygen atoms in total. The van der Waals surface area contributed by atoms with Gasteiger partial charge in [-0.05, 0) is 50.0 Å². The molecule has 0 aliphatic carbocycles. The average Bonchev–Trinajstić information content (AvgIpc) is 2.40. The summed E-state index contributed by atoms with van der Waals surface area (Å²) in [6.07, 6.45) is 2.31. The highest BCUT2D eigenvalue weighted by Gasteiger charge is 2.16. The van der Waals surface area contributed by atoms with Crippen molar-refractivity contribution in [2.45, 2.75) is 12.8 Å². The van der Waals surface area contributed by atoms with Crippen LogP contribution in [0.3, 0.4) is 0 Å². The van der Waals surface area contributed by atoms with Crippen LogP contribution in [-0.2, 0) is 0 Å². The second-order valence-corrected chi connectivity index (χ2v) is 5.39. The Morgan fingerprint density at radius 3 is 3.00 bits per heavy atom. The van der Waals surface area contributed by atoms with Crippen LogP contribution in [0.4, 0.5) is 0 Å². The van der Waals surface area contributed by atoms with Gasteiger partial charge >= 0.3 is 0 Å². The molecule has 0 saturated carbocycles. The van der Waals surface area contributed by atoms with Crippen LogP contribution in [0, 0.1) is 5.92 Å². The first kappa shape index (κ1) is 13.7. The predicted molar refractivity (Wildman–Crippen MR) is 74.4 cm³/mol. The van der Waals surface area contributed by atoms with E-state index in [4.69, 9.17) is 23.2 Å². The minimum atomic E-state index is -0.159. The number of benzene rings is 1. The Labute approximate surface area is 117 Å². The van der Waals surface area contributed by atoms with Crippen molar-refractivity contribution >= 4 is 29.1 Å². The van der Waals surface area contributed by atoms with Crippen LogP contribution in [0.15, 0.2) is 18.2 Å². The zero-order chi connectivity index (χ0) is 13.0. The maximum atomic E-state index is 12.0. The lowest BCUT2D eigenvalue weighted by Crippen LogP contribution is -2.38. The summed E-state index contributed by atoms with van der Waals surface area (Å²) < 4.78 is 0. The van der Waals surface area contributed by atoms with Gasteiger partial charge in [-0.3, -0.25) is 4.79 Å². The average molecular weight is 287 g/mol. The molecule has 0 aromatic heterocycles. The molecule has 2 N–H and O–H groups in total. The number of rotatable bonds is 3. The number of hydrogen-bond acceptors (Lipinski definition) is 2. The maximum Gasteiger partial charge on any atom is 0.252 e. The standard InChI is InChI=1S/C13H16Cl2N2O/c14-10-3-4-12(15)11(6-10)13(18)17-8-9-2-1-5-16-7-9/h3-4,6,9,16H,1-2,5,7-8H2,(H,17,18). The largest absolute Gasteiger partial charge is 0.352 e. The molecule has 18 heavy (non-hydrogen) atoms. The van der Waals surface area contributed by atoms with Gasteiger partial charge in [0, 0.05) is 11.6 Å². The maximum absolute atomic E-state index is 12.0. The first-order chi connectivity index (χ1) is 8.66. The molecule has 1 saturated heterocycles. The van der Waals surface area contributed by atoms with Gasteiger partial charge in [0.05, 0.1) is 10.6 Å². The summed E-state index contributed by atoms with van der Waals surface area (Å²) >= 11 is 11.8. The molecule has 1 fully saturated rings. The van der Waals surface area contributed by atoms with Crippen molar-refractivity contribution in [2.75, 3.05) is 19.6 Å². The minimum Gasteiger partial charge on any atom is -0.352 e. The highest BCUT2D eigenvalue weighted by atomic mass is 35.5. The molecule has 0 spiro atoms. The lowest BCUT2D eigenvalue weighted by atomic mass is 10.00. The van der Waals surface area contributed by atoms with E-state index in [0.717, 1.165) is 19.5 Å². The highest BCUT2D eigenvalue weighted by Crippen LogP contribution is 2.20. The molecule has 1 aliphatic rings. The van der Waals surface area contributed by atoms with Crippen molar-refractivity contribution in [3.63, 3.8) is 0 Å². The smallest absolute Gasteiger partial charge is 0.252 e. The normalized spacial score (nSPS) is 19.6. The van der Waals surface area contributed by atoms with Crippen LogP contribution in [0.2, 0.25) is 10.0 Å². The number of carbonyl (C=O) groups excluding carboxylic acids is 1. The Kier molecular flexibility index (Phi) is 4.87. The van der Waals surface area contributed by atoms with Crippen LogP contribution in [-0.4, -0.2) is 25.5 Å². The van der Waals surface area contributed by atoms with E-state index < -0.39 is 0 Å².